The lowest BCUT2D eigenvalue weighted by Gasteiger charge is -2.34. The lowest BCUT2D eigenvalue weighted by Crippen LogP contribution is -2.36. The summed E-state index contributed by atoms with van der Waals surface area (Å²) in [6, 6.07) is 8.75. The second kappa shape index (κ2) is 5.90. The molecule has 1 aliphatic carbocycles. The van der Waals surface area contributed by atoms with Gasteiger partial charge in [0.25, 0.3) is 0 Å². The van der Waals surface area contributed by atoms with Crippen molar-refractivity contribution in [2.45, 2.75) is 38.6 Å². The summed E-state index contributed by atoms with van der Waals surface area (Å²) in [6.07, 6.45) is 4.84. The number of benzene rings is 2. The van der Waals surface area contributed by atoms with Crippen LogP contribution in [0.2, 0.25) is 0 Å². The van der Waals surface area contributed by atoms with Gasteiger partial charge < -0.3 is 10.3 Å². The Labute approximate surface area is 172 Å². The molecule has 152 valence electrons. The third-order valence-electron chi connectivity index (χ3n) is 6.18. The lowest BCUT2D eigenvalue weighted by atomic mass is 9.95. The van der Waals surface area contributed by atoms with Gasteiger partial charge in [-0.3, -0.25) is 4.57 Å². The number of aromatic amines is 1. The molecule has 6 rings (SSSR count). The molecular weight excluding hydrogens is 384 g/mol. The summed E-state index contributed by atoms with van der Waals surface area (Å²) >= 11 is 0. The Morgan fingerprint density at radius 1 is 1.17 bits per heavy atom. The van der Waals surface area contributed by atoms with Crippen LogP contribution in [0.5, 0.6) is 0 Å². The first kappa shape index (κ1) is 17.6. The summed E-state index contributed by atoms with van der Waals surface area (Å²) in [6.45, 7) is 3.89. The maximum absolute atomic E-state index is 16.1. The van der Waals surface area contributed by atoms with Gasteiger partial charge in [-0.05, 0) is 44.1 Å². The number of rotatable bonds is 3. The lowest BCUT2D eigenvalue weighted by molar-refractivity contribution is 0.514. The van der Waals surface area contributed by atoms with Crippen molar-refractivity contribution in [2.24, 2.45) is 5.92 Å². The number of hydrogen-bond acceptors (Lipinski definition) is 3. The summed E-state index contributed by atoms with van der Waals surface area (Å²) in [5, 5.41) is 12.9. The van der Waals surface area contributed by atoms with E-state index in [1.165, 1.54) is 6.07 Å². The van der Waals surface area contributed by atoms with Crippen LogP contribution < -0.4 is 5.32 Å². The first-order chi connectivity index (χ1) is 14.4. The monoisotopic (exact) mass is 405 g/mol. The van der Waals surface area contributed by atoms with Gasteiger partial charge in [-0.15, -0.1) is 10.2 Å². The summed E-state index contributed by atoms with van der Waals surface area (Å²) in [5.74, 6) is 0.735. The molecule has 1 saturated carbocycles. The van der Waals surface area contributed by atoms with Crippen LogP contribution in [0.15, 0.2) is 36.5 Å². The normalized spacial score (nSPS) is 16.9. The molecule has 2 aliphatic rings. The quantitative estimate of drug-likeness (QED) is 0.486. The number of para-hydroxylation sites is 1. The van der Waals surface area contributed by atoms with Crippen molar-refractivity contribution in [2.75, 3.05) is 5.32 Å². The SMILES string of the molecule is CC1(C)Nc2cc(F)c(-c3cccc4cc[nH]c34)c(F)c2-n2c(CC3CC3)nnc21. The first-order valence-corrected chi connectivity index (χ1v) is 10.3. The van der Waals surface area contributed by atoms with E-state index in [1.54, 1.807) is 16.8 Å². The highest BCUT2D eigenvalue weighted by molar-refractivity contribution is 5.95. The minimum atomic E-state index is -0.604. The second-order valence-corrected chi connectivity index (χ2v) is 8.86. The highest BCUT2D eigenvalue weighted by Crippen LogP contribution is 2.44. The molecule has 2 aromatic carbocycles. The van der Waals surface area contributed by atoms with E-state index in [2.05, 4.69) is 20.5 Å². The Morgan fingerprint density at radius 3 is 2.80 bits per heavy atom. The molecule has 1 aliphatic heterocycles. The zero-order valence-electron chi connectivity index (χ0n) is 16.8. The van der Waals surface area contributed by atoms with Crippen LogP contribution in [-0.4, -0.2) is 19.7 Å². The molecule has 4 aromatic rings. The zero-order chi connectivity index (χ0) is 20.6. The number of nitrogens with zero attached hydrogens (tertiary/aromatic N) is 3. The Bertz CT molecular complexity index is 1310. The Kier molecular flexibility index (Phi) is 3.47. The summed E-state index contributed by atoms with van der Waals surface area (Å²) in [5.41, 5.74) is 1.29. The number of H-pyrrole nitrogens is 1. The molecule has 2 aromatic heterocycles. The van der Waals surface area contributed by atoms with Gasteiger partial charge in [0.05, 0.1) is 22.3 Å². The average Bonchev–Trinajstić information content (AvgIpc) is 3.19. The van der Waals surface area contributed by atoms with Gasteiger partial charge in [0.2, 0.25) is 0 Å². The van der Waals surface area contributed by atoms with E-state index >= 15 is 8.78 Å². The number of fused-ring (bicyclic) bond motifs is 4. The maximum Gasteiger partial charge on any atom is 0.162 e. The highest BCUT2D eigenvalue weighted by Gasteiger charge is 2.39. The maximum atomic E-state index is 16.1. The molecule has 7 heteroatoms. The van der Waals surface area contributed by atoms with Gasteiger partial charge >= 0.3 is 0 Å². The molecule has 3 heterocycles. The van der Waals surface area contributed by atoms with E-state index in [0.29, 0.717) is 34.2 Å². The largest absolute Gasteiger partial charge is 0.371 e. The van der Waals surface area contributed by atoms with Gasteiger partial charge in [0.1, 0.15) is 17.3 Å². The van der Waals surface area contributed by atoms with Gasteiger partial charge in [0, 0.05) is 24.2 Å². The molecule has 0 atom stereocenters. The van der Waals surface area contributed by atoms with Gasteiger partial charge in [-0.1, -0.05) is 18.2 Å². The number of halogens is 2. The van der Waals surface area contributed by atoms with Crippen molar-refractivity contribution < 1.29 is 8.78 Å². The summed E-state index contributed by atoms with van der Waals surface area (Å²) in [4.78, 5) is 3.11. The van der Waals surface area contributed by atoms with E-state index in [4.69, 9.17) is 0 Å². The molecule has 0 spiro atoms. The molecule has 1 fully saturated rings. The minimum absolute atomic E-state index is 0.0414. The minimum Gasteiger partial charge on any atom is -0.371 e. The number of hydrogen-bond donors (Lipinski definition) is 2. The Morgan fingerprint density at radius 2 is 2.00 bits per heavy atom. The van der Waals surface area contributed by atoms with Crippen LogP contribution in [-0.2, 0) is 12.0 Å². The van der Waals surface area contributed by atoms with Crippen molar-refractivity contribution in [3.05, 3.63) is 59.8 Å². The Balaban J connectivity index is 1.64. The average molecular weight is 405 g/mol. The van der Waals surface area contributed by atoms with Crippen LogP contribution in [0.3, 0.4) is 0 Å². The fourth-order valence-corrected chi connectivity index (χ4v) is 4.52. The number of nitrogens with one attached hydrogen (secondary N) is 2. The summed E-state index contributed by atoms with van der Waals surface area (Å²) in [7, 11) is 0. The van der Waals surface area contributed by atoms with Crippen LogP contribution in [0.1, 0.15) is 38.3 Å². The van der Waals surface area contributed by atoms with E-state index in [9.17, 15) is 0 Å². The Hall–Kier alpha value is -3.22. The molecule has 30 heavy (non-hydrogen) atoms. The van der Waals surface area contributed by atoms with Crippen molar-refractivity contribution >= 4 is 16.6 Å². The van der Waals surface area contributed by atoms with Crippen molar-refractivity contribution in [3.63, 3.8) is 0 Å². The summed E-state index contributed by atoms with van der Waals surface area (Å²) < 4.78 is 33.2. The molecule has 0 amide bonds. The van der Waals surface area contributed by atoms with Crippen LogP contribution >= 0.6 is 0 Å². The number of anilines is 1. The molecule has 0 bridgehead atoms. The zero-order valence-corrected chi connectivity index (χ0v) is 16.8. The van der Waals surface area contributed by atoms with Gasteiger partial charge in [-0.25, -0.2) is 8.78 Å². The second-order valence-electron chi connectivity index (χ2n) is 8.86. The van der Waals surface area contributed by atoms with Crippen molar-refractivity contribution in [1.82, 2.24) is 19.7 Å². The van der Waals surface area contributed by atoms with Gasteiger partial charge in [-0.2, -0.15) is 0 Å². The molecule has 5 nitrogen and oxygen atoms in total. The third-order valence-corrected chi connectivity index (χ3v) is 6.18. The predicted octanol–water partition coefficient (Wildman–Crippen LogP) is 5.31. The predicted molar refractivity (Wildman–Crippen MR) is 112 cm³/mol. The first-order valence-electron chi connectivity index (χ1n) is 10.3. The van der Waals surface area contributed by atoms with E-state index in [-0.39, 0.29) is 5.56 Å². The van der Waals surface area contributed by atoms with Crippen molar-refractivity contribution in [3.8, 4) is 16.8 Å². The van der Waals surface area contributed by atoms with Crippen LogP contribution in [0.4, 0.5) is 14.5 Å². The molecule has 0 radical (unpaired) electrons. The molecular formula is C23H21F2N5. The van der Waals surface area contributed by atoms with Crippen LogP contribution in [0, 0.1) is 17.6 Å². The standard InChI is InChI=1S/C23H21F2N5/c1-23(2)22-29-28-17(10-12-6-7-12)30(22)21-16(27-23)11-15(24)18(19(21)25)14-5-3-4-13-8-9-26-20(13)14/h3-5,8-9,11-12,26-27H,6-7,10H2,1-2H3. The fraction of sp³-hybridized carbons (Fsp3) is 0.304. The van der Waals surface area contributed by atoms with Crippen molar-refractivity contribution in [1.29, 1.82) is 0 Å². The molecule has 2 N–H and O–H groups in total. The number of aromatic nitrogens is 4. The fourth-order valence-electron chi connectivity index (χ4n) is 4.52. The topological polar surface area (TPSA) is 58.5 Å². The smallest absolute Gasteiger partial charge is 0.162 e. The van der Waals surface area contributed by atoms with E-state index < -0.39 is 17.2 Å². The molecule has 0 saturated heterocycles. The molecule has 0 unspecified atom stereocenters. The van der Waals surface area contributed by atoms with Gasteiger partial charge in [0.15, 0.2) is 11.6 Å². The van der Waals surface area contributed by atoms with E-state index in [1.807, 2.05) is 32.0 Å². The van der Waals surface area contributed by atoms with E-state index in [0.717, 1.165) is 30.5 Å². The van der Waals surface area contributed by atoms with Crippen LogP contribution in [0.25, 0.3) is 27.7 Å². The highest BCUT2D eigenvalue weighted by atomic mass is 19.1. The third kappa shape index (κ3) is 2.44.